The van der Waals surface area contributed by atoms with Crippen LogP contribution >= 0.6 is 0 Å². The van der Waals surface area contributed by atoms with Crippen molar-refractivity contribution < 1.29 is 9.84 Å². The van der Waals surface area contributed by atoms with E-state index in [0.717, 1.165) is 12.3 Å². The van der Waals surface area contributed by atoms with E-state index in [4.69, 9.17) is 4.74 Å². The lowest BCUT2D eigenvalue weighted by molar-refractivity contribution is -0.142. The van der Waals surface area contributed by atoms with E-state index in [1.54, 1.807) is 0 Å². The molecule has 0 spiro atoms. The van der Waals surface area contributed by atoms with Crippen molar-refractivity contribution in [2.24, 2.45) is 22.7 Å². The Hall–Kier alpha value is -0.500. The van der Waals surface area contributed by atoms with Gasteiger partial charge in [0.05, 0.1) is 12.2 Å². The molecule has 0 aromatic rings. The van der Waals surface area contributed by atoms with E-state index >= 15 is 0 Å². The molecule has 0 radical (unpaired) electrons. The summed E-state index contributed by atoms with van der Waals surface area (Å²) < 4.78 is 5.38. The maximum Gasteiger partial charge on any atom is 0.203 e. The molecule has 1 aliphatic heterocycles. The van der Waals surface area contributed by atoms with E-state index in [9.17, 15) is 5.11 Å². The van der Waals surface area contributed by atoms with E-state index < -0.39 is 6.29 Å². The van der Waals surface area contributed by atoms with Crippen molar-refractivity contribution in [1.29, 1.82) is 0 Å². The minimum absolute atomic E-state index is 0.238. The third-order valence-electron chi connectivity index (χ3n) is 5.75. The number of ether oxygens (including phenoxy) is 1. The average molecular weight is 236 g/mol. The first-order valence-corrected chi connectivity index (χ1v) is 6.98. The van der Waals surface area contributed by atoms with Crippen LogP contribution in [0, 0.1) is 22.7 Å². The summed E-state index contributed by atoms with van der Waals surface area (Å²) in [7, 11) is 0. The van der Waals surface area contributed by atoms with Gasteiger partial charge in [-0.25, -0.2) is 0 Å². The second-order valence-corrected chi connectivity index (χ2v) is 7.14. The Morgan fingerprint density at radius 3 is 2.82 bits per heavy atom. The van der Waals surface area contributed by atoms with Crippen molar-refractivity contribution in [3.63, 3.8) is 0 Å². The molecule has 96 valence electrons. The van der Waals surface area contributed by atoms with Gasteiger partial charge in [0, 0.05) is 0 Å². The Labute approximate surface area is 104 Å². The van der Waals surface area contributed by atoms with Gasteiger partial charge < -0.3 is 9.84 Å². The van der Waals surface area contributed by atoms with Crippen molar-refractivity contribution in [3.05, 3.63) is 11.8 Å². The Morgan fingerprint density at radius 1 is 1.29 bits per heavy atom. The molecule has 0 aromatic carbocycles. The molecule has 17 heavy (non-hydrogen) atoms. The van der Waals surface area contributed by atoms with Crippen LogP contribution in [0.2, 0.25) is 0 Å². The molecule has 2 nitrogen and oxygen atoms in total. The first-order chi connectivity index (χ1) is 7.95. The second kappa shape index (κ2) is 3.50. The predicted octanol–water partition coefficient (Wildman–Crippen LogP) is 3.46. The van der Waals surface area contributed by atoms with Crippen LogP contribution in [0.4, 0.5) is 0 Å². The number of hydrogen-bond donors (Lipinski definition) is 1. The molecule has 3 rings (SSSR count). The summed E-state index contributed by atoms with van der Waals surface area (Å²) in [4.78, 5) is 0. The van der Waals surface area contributed by atoms with Crippen molar-refractivity contribution in [1.82, 2.24) is 0 Å². The maximum absolute atomic E-state index is 10.1. The van der Waals surface area contributed by atoms with E-state index in [1.807, 2.05) is 6.26 Å². The van der Waals surface area contributed by atoms with Gasteiger partial charge in [-0.1, -0.05) is 27.2 Å². The topological polar surface area (TPSA) is 29.5 Å². The molecule has 2 saturated carbocycles. The summed E-state index contributed by atoms with van der Waals surface area (Å²) in [6.45, 7) is 7.20. The summed E-state index contributed by atoms with van der Waals surface area (Å²) in [5.41, 5.74) is 2.01. The minimum Gasteiger partial charge on any atom is -0.472 e. The van der Waals surface area contributed by atoms with Crippen LogP contribution in [-0.2, 0) is 4.74 Å². The second-order valence-electron chi connectivity index (χ2n) is 7.14. The third kappa shape index (κ3) is 1.49. The standard InChI is InChI=1S/C15H24O2/c1-14(2)7-4-8-15(3)11(14)6-5-10-9-17-13(16)12(10)15/h9,11-13,16H,4-8H2,1-3H3. The van der Waals surface area contributed by atoms with E-state index in [0.29, 0.717) is 5.41 Å². The summed E-state index contributed by atoms with van der Waals surface area (Å²) >= 11 is 0. The molecule has 3 aliphatic rings. The molecule has 1 N–H and O–H groups in total. The van der Waals surface area contributed by atoms with Crippen molar-refractivity contribution >= 4 is 0 Å². The Bertz CT molecular complexity index is 358. The fourth-order valence-corrected chi connectivity index (χ4v) is 5.03. The molecule has 2 heteroatoms. The molecule has 0 saturated heterocycles. The SMILES string of the molecule is CC1(C)CCCC2(C)C3C(=COC3O)CCC12. The Balaban J connectivity index is 1.99. The highest BCUT2D eigenvalue weighted by Gasteiger charge is 2.57. The lowest BCUT2D eigenvalue weighted by atomic mass is 9.48. The zero-order valence-electron chi connectivity index (χ0n) is 11.2. The fourth-order valence-electron chi connectivity index (χ4n) is 5.03. The summed E-state index contributed by atoms with van der Waals surface area (Å²) in [5, 5.41) is 10.1. The van der Waals surface area contributed by atoms with Crippen LogP contribution in [0.25, 0.3) is 0 Å². The molecule has 0 amide bonds. The summed E-state index contributed by atoms with van der Waals surface area (Å²) in [6, 6.07) is 0. The number of aliphatic hydroxyl groups is 1. The minimum atomic E-state index is -0.591. The van der Waals surface area contributed by atoms with Gasteiger partial charge in [0.15, 0.2) is 0 Å². The number of aliphatic hydroxyl groups excluding tert-OH is 1. The zero-order chi connectivity index (χ0) is 12.3. The first kappa shape index (κ1) is 11.6. The lowest BCUT2D eigenvalue weighted by Gasteiger charge is -2.57. The molecule has 2 aliphatic carbocycles. The van der Waals surface area contributed by atoms with Crippen LogP contribution in [0.1, 0.15) is 52.9 Å². The molecule has 4 atom stereocenters. The maximum atomic E-state index is 10.1. The number of rotatable bonds is 0. The molecular formula is C15H24O2. The van der Waals surface area contributed by atoms with Gasteiger partial charge in [-0.05, 0) is 48.0 Å². The predicted molar refractivity (Wildman–Crippen MR) is 67.1 cm³/mol. The Kier molecular flexibility index (Phi) is 2.39. The van der Waals surface area contributed by atoms with Gasteiger partial charge in [0.2, 0.25) is 6.29 Å². The van der Waals surface area contributed by atoms with E-state index in [-0.39, 0.29) is 11.3 Å². The highest BCUT2D eigenvalue weighted by atomic mass is 16.6. The summed E-state index contributed by atoms with van der Waals surface area (Å²) in [6.07, 6.45) is 7.48. The molecule has 4 unspecified atom stereocenters. The highest BCUT2D eigenvalue weighted by Crippen LogP contribution is 2.62. The zero-order valence-corrected chi connectivity index (χ0v) is 11.2. The highest BCUT2D eigenvalue weighted by molar-refractivity contribution is 5.20. The van der Waals surface area contributed by atoms with E-state index in [1.165, 1.54) is 31.3 Å². The smallest absolute Gasteiger partial charge is 0.203 e. The van der Waals surface area contributed by atoms with Crippen molar-refractivity contribution in [2.75, 3.05) is 0 Å². The van der Waals surface area contributed by atoms with Crippen LogP contribution in [0.5, 0.6) is 0 Å². The molecular weight excluding hydrogens is 212 g/mol. The third-order valence-corrected chi connectivity index (χ3v) is 5.75. The van der Waals surface area contributed by atoms with Crippen LogP contribution < -0.4 is 0 Å². The van der Waals surface area contributed by atoms with Gasteiger partial charge in [-0.2, -0.15) is 0 Å². The van der Waals surface area contributed by atoms with E-state index in [2.05, 4.69) is 20.8 Å². The number of hydrogen-bond acceptors (Lipinski definition) is 2. The normalized spacial score (nSPS) is 47.8. The Morgan fingerprint density at radius 2 is 2.06 bits per heavy atom. The molecule has 1 heterocycles. The number of fused-ring (bicyclic) bond motifs is 3. The molecule has 2 fully saturated rings. The van der Waals surface area contributed by atoms with Crippen molar-refractivity contribution in [2.45, 2.75) is 59.2 Å². The molecule has 0 aromatic heterocycles. The average Bonchev–Trinajstić information content (AvgIpc) is 2.60. The van der Waals surface area contributed by atoms with Crippen molar-refractivity contribution in [3.8, 4) is 0 Å². The first-order valence-electron chi connectivity index (χ1n) is 6.98. The van der Waals surface area contributed by atoms with Crippen LogP contribution in [0.15, 0.2) is 11.8 Å². The van der Waals surface area contributed by atoms with Gasteiger partial charge >= 0.3 is 0 Å². The molecule has 0 bridgehead atoms. The lowest BCUT2D eigenvalue weighted by Crippen LogP contribution is -2.51. The fraction of sp³-hybridized carbons (Fsp3) is 0.867. The van der Waals surface area contributed by atoms with Gasteiger partial charge in [-0.15, -0.1) is 0 Å². The van der Waals surface area contributed by atoms with Gasteiger partial charge in [0.1, 0.15) is 0 Å². The quantitative estimate of drug-likeness (QED) is 0.698. The monoisotopic (exact) mass is 236 g/mol. The van der Waals surface area contributed by atoms with Crippen LogP contribution in [0.3, 0.4) is 0 Å². The van der Waals surface area contributed by atoms with Gasteiger partial charge in [-0.3, -0.25) is 0 Å². The largest absolute Gasteiger partial charge is 0.472 e. The van der Waals surface area contributed by atoms with Gasteiger partial charge in [0.25, 0.3) is 0 Å². The summed E-state index contributed by atoms with van der Waals surface area (Å²) in [5.74, 6) is 0.975. The van der Waals surface area contributed by atoms with Crippen LogP contribution in [-0.4, -0.2) is 11.4 Å².